The molecule has 1 aromatic carbocycles. The Morgan fingerprint density at radius 2 is 1.83 bits per heavy atom. The normalized spacial score (nSPS) is 15.0. The summed E-state index contributed by atoms with van der Waals surface area (Å²) in [6, 6.07) is 5.53. The molecule has 1 rings (SSSR count). The molecule has 128 valence electrons. The van der Waals surface area contributed by atoms with Crippen molar-refractivity contribution in [1.29, 1.82) is 0 Å². The Labute approximate surface area is 144 Å². The van der Waals surface area contributed by atoms with Crippen molar-refractivity contribution in [3.63, 3.8) is 0 Å². The van der Waals surface area contributed by atoms with Crippen molar-refractivity contribution in [2.24, 2.45) is 11.7 Å². The molecule has 6 nitrogen and oxygen atoms in total. The van der Waals surface area contributed by atoms with Gasteiger partial charge in [-0.15, -0.1) is 0 Å². The molecule has 23 heavy (non-hydrogen) atoms. The maximum Gasteiger partial charge on any atom is 0.326 e. The number of carbonyl (C=O) groups excluding carboxylic acids is 1. The van der Waals surface area contributed by atoms with Crippen LogP contribution < -0.4 is 11.1 Å². The smallest absolute Gasteiger partial charge is 0.326 e. The molecule has 1 aromatic rings. The third kappa shape index (κ3) is 6.68. The first kappa shape index (κ1) is 19.6. The van der Waals surface area contributed by atoms with Crippen LogP contribution in [0.1, 0.15) is 25.8 Å². The zero-order chi connectivity index (χ0) is 17.6. The van der Waals surface area contributed by atoms with Gasteiger partial charge in [0.25, 0.3) is 5.91 Å². The van der Waals surface area contributed by atoms with Crippen LogP contribution in [0.2, 0.25) is 0 Å². The average Bonchev–Trinajstić information content (AvgIpc) is 2.47. The molecule has 7 heteroatoms. The van der Waals surface area contributed by atoms with Crippen LogP contribution in [-0.2, 0) is 16.0 Å². The van der Waals surface area contributed by atoms with Crippen LogP contribution in [0.5, 0.6) is 0 Å². The molecule has 0 saturated heterocycles. The summed E-state index contributed by atoms with van der Waals surface area (Å²) < 4.78 is 0.922. The molecule has 0 bridgehead atoms. The number of halogens is 1. The van der Waals surface area contributed by atoms with Gasteiger partial charge < -0.3 is 21.3 Å². The van der Waals surface area contributed by atoms with Gasteiger partial charge in [-0.3, -0.25) is 4.79 Å². The van der Waals surface area contributed by atoms with Crippen molar-refractivity contribution < 1.29 is 19.8 Å². The first-order valence-corrected chi connectivity index (χ1v) is 8.21. The van der Waals surface area contributed by atoms with Gasteiger partial charge in [-0.25, -0.2) is 4.79 Å². The lowest BCUT2D eigenvalue weighted by Crippen LogP contribution is -2.52. The fourth-order valence-corrected chi connectivity index (χ4v) is 2.41. The highest BCUT2D eigenvalue weighted by Crippen LogP contribution is 2.13. The molecule has 0 unspecified atom stereocenters. The first-order chi connectivity index (χ1) is 10.7. The van der Waals surface area contributed by atoms with E-state index >= 15 is 0 Å². The summed E-state index contributed by atoms with van der Waals surface area (Å²) in [6.07, 6.45) is -0.868. The van der Waals surface area contributed by atoms with Crippen LogP contribution in [0.25, 0.3) is 0 Å². The summed E-state index contributed by atoms with van der Waals surface area (Å²) in [5.74, 6) is -1.78. The number of carboxylic acid groups (broad SMARTS) is 1. The summed E-state index contributed by atoms with van der Waals surface area (Å²) in [5, 5.41) is 21.5. The number of amides is 1. The minimum atomic E-state index is -1.47. The number of aliphatic hydroxyl groups is 1. The topological polar surface area (TPSA) is 113 Å². The third-order valence-electron chi connectivity index (χ3n) is 3.38. The molecule has 0 aliphatic rings. The molecule has 0 aliphatic heterocycles. The van der Waals surface area contributed by atoms with Gasteiger partial charge in [0.05, 0.1) is 0 Å². The highest BCUT2D eigenvalue weighted by Gasteiger charge is 2.28. The Kier molecular flexibility index (Phi) is 7.67. The van der Waals surface area contributed by atoms with E-state index in [0.717, 1.165) is 10.0 Å². The average molecular weight is 387 g/mol. The lowest BCUT2D eigenvalue weighted by Gasteiger charge is -2.22. The fourth-order valence-electron chi connectivity index (χ4n) is 2.15. The molecular weight excluding hydrogens is 364 g/mol. The predicted octanol–water partition coefficient (Wildman–Crippen LogP) is 1.30. The molecule has 0 saturated carbocycles. The van der Waals surface area contributed by atoms with Crippen LogP contribution in [0, 0.1) is 5.92 Å². The Morgan fingerprint density at radius 3 is 2.30 bits per heavy atom. The van der Waals surface area contributed by atoms with Crippen LogP contribution in [0.3, 0.4) is 0 Å². The summed E-state index contributed by atoms with van der Waals surface area (Å²) >= 11 is 3.32. The molecular formula is C16H23BrN2O4. The lowest BCUT2D eigenvalue weighted by molar-refractivity contribution is -0.144. The van der Waals surface area contributed by atoms with Crippen molar-refractivity contribution in [2.75, 3.05) is 0 Å². The van der Waals surface area contributed by atoms with Gasteiger partial charge in [0.15, 0.2) is 0 Å². The molecule has 0 fully saturated rings. The van der Waals surface area contributed by atoms with Crippen molar-refractivity contribution in [3.05, 3.63) is 34.3 Å². The van der Waals surface area contributed by atoms with E-state index < -0.39 is 30.1 Å². The number of carboxylic acids is 1. The van der Waals surface area contributed by atoms with Gasteiger partial charge in [0.2, 0.25) is 0 Å². The Bertz CT molecular complexity index is 533. The molecule has 3 atom stereocenters. The van der Waals surface area contributed by atoms with Gasteiger partial charge in [-0.2, -0.15) is 0 Å². The van der Waals surface area contributed by atoms with Gasteiger partial charge >= 0.3 is 5.97 Å². The van der Waals surface area contributed by atoms with E-state index in [2.05, 4.69) is 21.2 Å². The lowest BCUT2D eigenvalue weighted by atomic mass is 10.00. The minimum absolute atomic E-state index is 0.102. The summed E-state index contributed by atoms with van der Waals surface area (Å²) in [7, 11) is 0. The number of hydrogen-bond donors (Lipinski definition) is 4. The van der Waals surface area contributed by atoms with Crippen molar-refractivity contribution in [2.45, 2.75) is 44.9 Å². The second-order valence-corrected chi connectivity index (χ2v) is 6.88. The van der Waals surface area contributed by atoms with Crippen molar-refractivity contribution in [3.8, 4) is 0 Å². The number of rotatable bonds is 8. The molecule has 0 radical (unpaired) electrons. The SMILES string of the molecule is CC(C)C[C@H](NC(=O)[C@@H](O)[C@H](N)Cc1ccc(Br)cc1)C(=O)O. The Morgan fingerprint density at radius 1 is 1.26 bits per heavy atom. The highest BCUT2D eigenvalue weighted by atomic mass is 79.9. The Hall–Kier alpha value is -1.44. The van der Waals surface area contributed by atoms with Gasteiger partial charge in [0, 0.05) is 10.5 Å². The van der Waals surface area contributed by atoms with E-state index in [9.17, 15) is 14.7 Å². The summed E-state index contributed by atoms with van der Waals surface area (Å²) in [5.41, 5.74) is 6.75. The largest absolute Gasteiger partial charge is 0.480 e. The monoisotopic (exact) mass is 386 g/mol. The van der Waals surface area contributed by atoms with Gasteiger partial charge in [0.1, 0.15) is 12.1 Å². The molecule has 0 spiro atoms. The molecule has 0 heterocycles. The number of carbonyl (C=O) groups is 2. The standard InChI is InChI=1S/C16H23BrN2O4/c1-9(2)7-13(16(22)23)19-15(21)14(20)12(18)8-10-3-5-11(17)6-4-10/h3-6,9,12-14,20H,7-8,18H2,1-2H3,(H,19,21)(H,22,23)/t12-,13+,14+/m1/s1. The number of nitrogens with two attached hydrogens (primary N) is 1. The first-order valence-electron chi connectivity index (χ1n) is 7.42. The maximum absolute atomic E-state index is 12.0. The van der Waals surface area contributed by atoms with Crippen LogP contribution in [0.15, 0.2) is 28.7 Å². The quantitative estimate of drug-likeness (QED) is 0.537. The van der Waals surface area contributed by atoms with E-state index in [-0.39, 0.29) is 12.3 Å². The predicted molar refractivity (Wildman–Crippen MR) is 90.8 cm³/mol. The zero-order valence-corrected chi connectivity index (χ0v) is 14.8. The fraction of sp³-hybridized carbons (Fsp3) is 0.500. The van der Waals surface area contributed by atoms with Crippen LogP contribution in [-0.4, -0.2) is 40.3 Å². The minimum Gasteiger partial charge on any atom is -0.480 e. The molecule has 1 amide bonds. The van der Waals surface area contributed by atoms with E-state index in [1.165, 1.54) is 0 Å². The van der Waals surface area contributed by atoms with E-state index in [1.807, 2.05) is 38.1 Å². The molecule has 0 aromatic heterocycles. The van der Waals surface area contributed by atoms with Gasteiger partial charge in [-0.1, -0.05) is 41.9 Å². The van der Waals surface area contributed by atoms with E-state index in [1.54, 1.807) is 0 Å². The maximum atomic E-state index is 12.0. The van der Waals surface area contributed by atoms with Crippen LogP contribution >= 0.6 is 15.9 Å². The summed E-state index contributed by atoms with van der Waals surface area (Å²) in [4.78, 5) is 23.2. The number of nitrogens with one attached hydrogen (secondary N) is 1. The number of aliphatic carboxylic acids is 1. The Balaban J connectivity index is 2.63. The zero-order valence-electron chi connectivity index (χ0n) is 13.2. The number of hydrogen-bond acceptors (Lipinski definition) is 4. The number of benzene rings is 1. The molecule has 0 aliphatic carbocycles. The van der Waals surface area contributed by atoms with Gasteiger partial charge in [-0.05, 0) is 36.5 Å². The van der Waals surface area contributed by atoms with Crippen LogP contribution in [0.4, 0.5) is 0 Å². The summed E-state index contributed by atoms with van der Waals surface area (Å²) in [6.45, 7) is 3.72. The second-order valence-electron chi connectivity index (χ2n) is 5.97. The van der Waals surface area contributed by atoms with E-state index in [0.29, 0.717) is 6.42 Å². The van der Waals surface area contributed by atoms with Crippen molar-refractivity contribution in [1.82, 2.24) is 5.32 Å². The third-order valence-corrected chi connectivity index (χ3v) is 3.91. The molecule has 5 N–H and O–H groups in total. The highest BCUT2D eigenvalue weighted by molar-refractivity contribution is 9.10. The number of aliphatic hydroxyl groups excluding tert-OH is 1. The van der Waals surface area contributed by atoms with Crippen molar-refractivity contribution >= 4 is 27.8 Å². The van der Waals surface area contributed by atoms with E-state index in [4.69, 9.17) is 10.8 Å². The second kappa shape index (κ2) is 9.00.